The van der Waals surface area contributed by atoms with Crippen molar-refractivity contribution in [1.82, 2.24) is 20.0 Å². The van der Waals surface area contributed by atoms with Gasteiger partial charge in [-0.05, 0) is 42.8 Å². The second-order valence-electron chi connectivity index (χ2n) is 5.39. The summed E-state index contributed by atoms with van der Waals surface area (Å²) in [4.78, 5) is 0. The highest BCUT2D eigenvalue weighted by molar-refractivity contribution is 9.10. The van der Waals surface area contributed by atoms with Gasteiger partial charge in [0.25, 0.3) is 0 Å². The van der Waals surface area contributed by atoms with Crippen LogP contribution in [0.5, 0.6) is 0 Å². The van der Waals surface area contributed by atoms with Gasteiger partial charge in [0, 0.05) is 15.4 Å². The van der Waals surface area contributed by atoms with E-state index in [9.17, 15) is 0 Å². The maximum atomic E-state index is 4.47. The normalized spacial score (nSPS) is 11.2. The zero-order chi connectivity index (χ0) is 15.8. The SMILES string of the molecule is CCc1n[nH]c2cc(-c3ccnn3-c3ccc(Br)cc3)ccc12. The Morgan fingerprint density at radius 1 is 1.09 bits per heavy atom. The van der Waals surface area contributed by atoms with Gasteiger partial charge in [0.15, 0.2) is 0 Å². The molecule has 0 fully saturated rings. The van der Waals surface area contributed by atoms with Gasteiger partial charge in [-0.1, -0.05) is 35.0 Å². The smallest absolute Gasteiger partial charge is 0.0741 e. The van der Waals surface area contributed by atoms with Crippen LogP contribution in [0.4, 0.5) is 0 Å². The van der Waals surface area contributed by atoms with E-state index in [4.69, 9.17) is 0 Å². The highest BCUT2D eigenvalue weighted by atomic mass is 79.9. The third-order valence-corrected chi connectivity index (χ3v) is 4.52. The summed E-state index contributed by atoms with van der Waals surface area (Å²) in [6.45, 7) is 2.12. The number of nitrogens with zero attached hydrogens (tertiary/aromatic N) is 3. The molecule has 0 aliphatic carbocycles. The van der Waals surface area contributed by atoms with Crippen molar-refractivity contribution in [3.05, 3.63) is 64.9 Å². The molecule has 0 amide bonds. The molecule has 0 atom stereocenters. The Balaban J connectivity index is 1.82. The summed E-state index contributed by atoms with van der Waals surface area (Å²) in [5.41, 5.74) is 5.37. The highest BCUT2D eigenvalue weighted by Crippen LogP contribution is 2.27. The Hall–Kier alpha value is -2.40. The van der Waals surface area contributed by atoms with Crippen molar-refractivity contribution in [2.75, 3.05) is 0 Å². The van der Waals surface area contributed by atoms with Crippen LogP contribution in [0.1, 0.15) is 12.6 Å². The molecule has 114 valence electrons. The molecule has 23 heavy (non-hydrogen) atoms. The Bertz CT molecular complexity index is 966. The lowest BCUT2D eigenvalue weighted by Gasteiger charge is -2.08. The molecule has 0 spiro atoms. The molecule has 5 heteroatoms. The van der Waals surface area contributed by atoms with E-state index in [1.54, 1.807) is 0 Å². The van der Waals surface area contributed by atoms with E-state index < -0.39 is 0 Å². The van der Waals surface area contributed by atoms with Crippen molar-refractivity contribution < 1.29 is 0 Å². The van der Waals surface area contributed by atoms with Crippen LogP contribution >= 0.6 is 15.9 Å². The lowest BCUT2D eigenvalue weighted by atomic mass is 10.1. The first kappa shape index (κ1) is 14.2. The fourth-order valence-corrected chi connectivity index (χ4v) is 3.08. The molecule has 0 saturated heterocycles. The van der Waals surface area contributed by atoms with Crippen LogP contribution in [0.2, 0.25) is 0 Å². The van der Waals surface area contributed by atoms with Crippen LogP contribution < -0.4 is 0 Å². The molecule has 2 heterocycles. The van der Waals surface area contributed by atoms with Crippen molar-refractivity contribution in [3.63, 3.8) is 0 Å². The number of hydrogen-bond acceptors (Lipinski definition) is 2. The molecule has 4 rings (SSSR count). The van der Waals surface area contributed by atoms with E-state index in [-0.39, 0.29) is 0 Å². The van der Waals surface area contributed by atoms with E-state index in [1.807, 2.05) is 41.2 Å². The number of rotatable bonds is 3. The average molecular weight is 367 g/mol. The minimum atomic E-state index is 0.927. The molecule has 0 bridgehead atoms. The van der Waals surface area contributed by atoms with E-state index >= 15 is 0 Å². The molecule has 2 aromatic carbocycles. The number of aromatic nitrogens is 4. The van der Waals surface area contributed by atoms with Crippen LogP contribution in [-0.2, 0) is 6.42 Å². The lowest BCUT2D eigenvalue weighted by Crippen LogP contribution is -1.98. The highest BCUT2D eigenvalue weighted by Gasteiger charge is 2.10. The van der Waals surface area contributed by atoms with Gasteiger partial charge in [0.1, 0.15) is 0 Å². The second kappa shape index (κ2) is 5.66. The van der Waals surface area contributed by atoms with Gasteiger partial charge < -0.3 is 0 Å². The molecular formula is C18H15BrN4. The largest absolute Gasteiger partial charge is 0.278 e. The third kappa shape index (κ3) is 2.47. The summed E-state index contributed by atoms with van der Waals surface area (Å²) < 4.78 is 3.01. The molecule has 0 aliphatic rings. The maximum absolute atomic E-state index is 4.47. The van der Waals surface area contributed by atoms with Gasteiger partial charge in [-0.15, -0.1) is 0 Å². The fraction of sp³-hybridized carbons (Fsp3) is 0.111. The minimum absolute atomic E-state index is 0.927. The van der Waals surface area contributed by atoms with Gasteiger partial charge in [0.05, 0.1) is 28.8 Å². The van der Waals surface area contributed by atoms with Gasteiger partial charge in [-0.3, -0.25) is 5.10 Å². The summed E-state index contributed by atoms with van der Waals surface area (Å²) in [5, 5.41) is 13.2. The van der Waals surface area contributed by atoms with Crippen LogP contribution in [0.3, 0.4) is 0 Å². The first-order valence-electron chi connectivity index (χ1n) is 7.53. The summed E-state index contributed by atoms with van der Waals surface area (Å²) in [7, 11) is 0. The summed E-state index contributed by atoms with van der Waals surface area (Å²) >= 11 is 3.47. The van der Waals surface area contributed by atoms with Gasteiger partial charge >= 0.3 is 0 Å². The van der Waals surface area contributed by atoms with Gasteiger partial charge in [0.2, 0.25) is 0 Å². The molecule has 4 aromatic rings. The molecule has 4 nitrogen and oxygen atoms in total. The number of aromatic amines is 1. The summed E-state index contributed by atoms with van der Waals surface area (Å²) in [6.07, 6.45) is 2.75. The Morgan fingerprint density at radius 2 is 1.91 bits per heavy atom. The van der Waals surface area contributed by atoms with Crippen LogP contribution in [0.25, 0.3) is 27.8 Å². The average Bonchev–Trinajstić information content (AvgIpc) is 3.21. The van der Waals surface area contributed by atoms with Crippen molar-refractivity contribution in [2.45, 2.75) is 13.3 Å². The number of benzene rings is 2. The third-order valence-electron chi connectivity index (χ3n) is 3.99. The van der Waals surface area contributed by atoms with Crippen molar-refractivity contribution in [3.8, 4) is 16.9 Å². The number of nitrogens with one attached hydrogen (secondary N) is 1. The molecule has 0 radical (unpaired) electrons. The van der Waals surface area contributed by atoms with E-state index in [0.717, 1.165) is 39.0 Å². The Kier molecular flexibility index (Phi) is 3.50. The number of aryl methyl sites for hydroxylation is 1. The molecular weight excluding hydrogens is 352 g/mol. The minimum Gasteiger partial charge on any atom is -0.278 e. The van der Waals surface area contributed by atoms with E-state index in [0.29, 0.717) is 0 Å². The Morgan fingerprint density at radius 3 is 2.70 bits per heavy atom. The quantitative estimate of drug-likeness (QED) is 0.569. The standard InChI is InChI=1S/C18H15BrN4/c1-2-16-15-8-3-12(11-17(15)22-21-16)18-9-10-20-23(18)14-6-4-13(19)5-7-14/h3-11H,2H2,1H3,(H,21,22). The Labute approximate surface area is 142 Å². The number of hydrogen-bond donors (Lipinski definition) is 1. The monoisotopic (exact) mass is 366 g/mol. The molecule has 0 aliphatic heterocycles. The predicted octanol–water partition coefficient (Wildman–Crippen LogP) is 4.74. The van der Waals surface area contributed by atoms with Crippen LogP contribution in [-0.4, -0.2) is 20.0 Å². The number of H-pyrrole nitrogens is 1. The van der Waals surface area contributed by atoms with Crippen LogP contribution in [0.15, 0.2) is 59.2 Å². The van der Waals surface area contributed by atoms with Crippen molar-refractivity contribution in [1.29, 1.82) is 0 Å². The van der Waals surface area contributed by atoms with Crippen LogP contribution in [0, 0.1) is 0 Å². The molecule has 1 N–H and O–H groups in total. The number of fused-ring (bicyclic) bond motifs is 1. The lowest BCUT2D eigenvalue weighted by molar-refractivity contribution is 0.888. The topological polar surface area (TPSA) is 46.5 Å². The summed E-state index contributed by atoms with van der Waals surface area (Å²) in [6, 6.07) is 16.6. The molecule has 0 unspecified atom stereocenters. The van der Waals surface area contributed by atoms with E-state index in [1.165, 1.54) is 5.39 Å². The zero-order valence-electron chi connectivity index (χ0n) is 12.6. The second-order valence-corrected chi connectivity index (χ2v) is 6.30. The summed E-state index contributed by atoms with van der Waals surface area (Å²) in [5.74, 6) is 0. The zero-order valence-corrected chi connectivity index (χ0v) is 14.2. The van der Waals surface area contributed by atoms with Gasteiger partial charge in [-0.25, -0.2) is 4.68 Å². The molecule has 2 aromatic heterocycles. The van der Waals surface area contributed by atoms with Crippen molar-refractivity contribution >= 4 is 26.8 Å². The maximum Gasteiger partial charge on any atom is 0.0741 e. The first-order chi connectivity index (χ1) is 11.3. The predicted molar refractivity (Wildman–Crippen MR) is 95.7 cm³/mol. The van der Waals surface area contributed by atoms with Crippen molar-refractivity contribution in [2.24, 2.45) is 0 Å². The number of halogens is 1. The fourth-order valence-electron chi connectivity index (χ4n) is 2.82. The van der Waals surface area contributed by atoms with E-state index in [2.05, 4.69) is 56.3 Å². The molecule has 0 saturated carbocycles. The first-order valence-corrected chi connectivity index (χ1v) is 8.33. The van der Waals surface area contributed by atoms with Gasteiger partial charge in [-0.2, -0.15) is 10.2 Å².